The van der Waals surface area contributed by atoms with E-state index in [1.54, 1.807) is 19.1 Å². The summed E-state index contributed by atoms with van der Waals surface area (Å²) in [6.07, 6.45) is 0.831. The Morgan fingerprint density at radius 3 is 2.43 bits per heavy atom. The Kier molecular flexibility index (Phi) is 4.00. The van der Waals surface area contributed by atoms with Crippen molar-refractivity contribution in [3.63, 3.8) is 0 Å². The molecule has 1 aromatic carbocycles. The van der Waals surface area contributed by atoms with Crippen LogP contribution in [-0.4, -0.2) is 35.6 Å². The highest BCUT2D eigenvalue weighted by molar-refractivity contribution is 6.20. The van der Waals surface area contributed by atoms with Gasteiger partial charge in [-0.3, -0.25) is 9.59 Å². The first-order valence-electron chi connectivity index (χ1n) is 7.47. The van der Waals surface area contributed by atoms with Crippen LogP contribution in [-0.2, 0) is 14.4 Å². The van der Waals surface area contributed by atoms with Crippen LogP contribution in [0.3, 0.4) is 0 Å². The average Bonchev–Trinajstić information content (AvgIpc) is 2.80. The van der Waals surface area contributed by atoms with Crippen molar-refractivity contribution >= 4 is 17.8 Å². The SMILES string of the molecule is C=C(C)[C@@H]1OCCC[C@@H]1C(=O)ON1C(=O)c2ccccc2C1=O. The summed E-state index contributed by atoms with van der Waals surface area (Å²) >= 11 is 0. The maximum atomic E-state index is 12.4. The maximum Gasteiger partial charge on any atom is 0.339 e. The number of imide groups is 1. The summed E-state index contributed by atoms with van der Waals surface area (Å²) in [6.45, 7) is 6.15. The highest BCUT2D eigenvalue weighted by Crippen LogP contribution is 2.29. The van der Waals surface area contributed by atoms with Crippen LogP contribution < -0.4 is 0 Å². The predicted octanol–water partition coefficient (Wildman–Crippen LogP) is 2.11. The molecule has 2 aliphatic heterocycles. The summed E-state index contributed by atoms with van der Waals surface area (Å²) in [6, 6.07) is 6.37. The van der Waals surface area contributed by atoms with Gasteiger partial charge in [0.2, 0.25) is 0 Å². The molecule has 2 amide bonds. The Hall–Kier alpha value is -2.47. The highest BCUT2D eigenvalue weighted by Gasteiger charge is 2.41. The van der Waals surface area contributed by atoms with Gasteiger partial charge in [-0.25, -0.2) is 4.79 Å². The first kappa shape index (κ1) is 15.4. The van der Waals surface area contributed by atoms with E-state index in [1.165, 1.54) is 12.1 Å². The Balaban J connectivity index is 1.77. The van der Waals surface area contributed by atoms with Gasteiger partial charge in [0.25, 0.3) is 11.8 Å². The minimum absolute atomic E-state index is 0.238. The molecule has 0 bridgehead atoms. The van der Waals surface area contributed by atoms with Crippen LogP contribution >= 0.6 is 0 Å². The summed E-state index contributed by atoms with van der Waals surface area (Å²) in [5.41, 5.74) is 1.19. The Labute approximate surface area is 133 Å². The summed E-state index contributed by atoms with van der Waals surface area (Å²) in [4.78, 5) is 42.0. The molecule has 2 heterocycles. The van der Waals surface area contributed by atoms with Gasteiger partial charge in [-0.05, 0) is 31.9 Å². The van der Waals surface area contributed by atoms with Crippen molar-refractivity contribution < 1.29 is 24.0 Å². The minimum Gasteiger partial charge on any atom is -0.373 e. The molecular formula is C17H17NO5. The monoisotopic (exact) mass is 315 g/mol. The fraction of sp³-hybridized carbons (Fsp3) is 0.353. The van der Waals surface area contributed by atoms with Gasteiger partial charge >= 0.3 is 5.97 Å². The van der Waals surface area contributed by atoms with Gasteiger partial charge in [-0.15, -0.1) is 0 Å². The Bertz CT molecular complexity index is 661. The number of hydrogen-bond donors (Lipinski definition) is 0. The number of fused-ring (bicyclic) bond motifs is 1. The second kappa shape index (κ2) is 5.96. The molecule has 0 aliphatic carbocycles. The molecule has 0 saturated carbocycles. The predicted molar refractivity (Wildman–Crippen MR) is 80.3 cm³/mol. The lowest BCUT2D eigenvalue weighted by Gasteiger charge is -2.30. The van der Waals surface area contributed by atoms with Crippen LogP contribution in [0.4, 0.5) is 0 Å². The van der Waals surface area contributed by atoms with Crippen LogP contribution in [0, 0.1) is 5.92 Å². The Morgan fingerprint density at radius 1 is 1.26 bits per heavy atom. The second-order valence-corrected chi connectivity index (χ2v) is 5.75. The van der Waals surface area contributed by atoms with Crippen LogP contribution in [0.5, 0.6) is 0 Å². The highest BCUT2D eigenvalue weighted by atomic mass is 16.7. The number of hydrogen-bond acceptors (Lipinski definition) is 5. The minimum atomic E-state index is -0.646. The molecular weight excluding hydrogens is 298 g/mol. The van der Waals surface area contributed by atoms with E-state index in [0.29, 0.717) is 30.1 Å². The number of hydroxylamine groups is 2. The molecule has 2 aliphatic rings. The third-order valence-electron chi connectivity index (χ3n) is 4.05. The van der Waals surface area contributed by atoms with Crippen LogP contribution in [0.2, 0.25) is 0 Å². The molecule has 0 aromatic heterocycles. The van der Waals surface area contributed by atoms with Gasteiger partial charge in [-0.1, -0.05) is 29.3 Å². The zero-order chi connectivity index (χ0) is 16.6. The van der Waals surface area contributed by atoms with Crippen molar-refractivity contribution in [2.45, 2.75) is 25.9 Å². The van der Waals surface area contributed by atoms with E-state index in [9.17, 15) is 14.4 Å². The lowest BCUT2D eigenvalue weighted by Crippen LogP contribution is -2.41. The van der Waals surface area contributed by atoms with Crippen molar-refractivity contribution in [3.05, 3.63) is 47.5 Å². The number of nitrogens with zero attached hydrogens (tertiary/aromatic N) is 1. The number of carbonyl (C=O) groups excluding carboxylic acids is 3. The number of benzene rings is 1. The fourth-order valence-corrected chi connectivity index (χ4v) is 2.92. The molecule has 0 unspecified atom stereocenters. The summed E-state index contributed by atoms with van der Waals surface area (Å²) < 4.78 is 5.56. The van der Waals surface area contributed by atoms with Gasteiger partial charge in [0.1, 0.15) is 0 Å². The van der Waals surface area contributed by atoms with E-state index in [0.717, 1.165) is 0 Å². The molecule has 1 fully saturated rings. The lowest BCUT2D eigenvalue weighted by atomic mass is 9.91. The zero-order valence-corrected chi connectivity index (χ0v) is 12.8. The molecule has 6 heteroatoms. The van der Waals surface area contributed by atoms with Gasteiger partial charge in [0, 0.05) is 6.61 Å². The van der Waals surface area contributed by atoms with Gasteiger partial charge in [0.15, 0.2) is 0 Å². The first-order chi connectivity index (χ1) is 11.0. The van der Waals surface area contributed by atoms with E-state index < -0.39 is 29.8 Å². The molecule has 2 atom stereocenters. The van der Waals surface area contributed by atoms with Crippen LogP contribution in [0.15, 0.2) is 36.4 Å². The van der Waals surface area contributed by atoms with E-state index in [1.807, 2.05) is 0 Å². The number of rotatable bonds is 3. The van der Waals surface area contributed by atoms with Gasteiger partial charge in [0.05, 0.1) is 23.1 Å². The number of ether oxygens (including phenoxy) is 1. The first-order valence-corrected chi connectivity index (χ1v) is 7.47. The topological polar surface area (TPSA) is 72.9 Å². The molecule has 23 heavy (non-hydrogen) atoms. The molecule has 0 radical (unpaired) electrons. The molecule has 0 N–H and O–H groups in total. The maximum absolute atomic E-state index is 12.4. The molecule has 1 saturated heterocycles. The fourth-order valence-electron chi connectivity index (χ4n) is 2.92. The Morgan fingerprint density at radius 2 is 1.87 bits per heavy atom. The number of amides is 2. The van der Waals surface area contributed by atoms with E-state index in [-0.39, 0.29) is 11.1 Å². The lowest BCUT2D eigenvalue weighted by molar-refractivity contribution is -0.180. The van der Waals surface area contributed by atoms with Crippen molar-refractivity contribution in [2.75, 3.05) is 6.61 Å². The van der Waals surface area contributed by atoms with Crippen LogP contribution in [0.25, 0.3) is 0 Å². The van der Waals surface area contributed by atoms with Crippen molar-refractivity contribution in [1.82, 2.24) is 5.06 Å². The van der Waals surface area contributed by atoms with Crippen molar-refractivity contribution in [3.8, 4) is 0 Å². The molecule has 1 aromatic rings. The summed E-state index contributed by atoms with van der Waals surface area (Å²) in [5, 5.41) is 0.539. The standard InChI is InChI=1S/C17H17NO5/c1-10(2)14-13(8-5-9-22-14)17(21)23-18-15(19)11-6-3-4-7-12(11)16(18)20/h3-4,6-7,13-14H,1,5,8-9H2,2H3/t13-,14-/m0/s1. The normalized spacial score (nSPS) is 23.6. The molecule has 120 valence electrons. The average molecular weight is 315 g/mol. The van der Waals surface area contributed by atoms with Gasteiger partial charge < -0.3 is 9.57 Å². The molecule has 3 rings (SSSR count). The largest absolute Gasteiger partial charge is 0.373 e. The summed E-state index contributed by atoms with van der Waals surface area (Å²) in [5.74, 6) is -2.46. The third-order valence-corrected chi connectivity index (χ3v) is 4.05. The second-order valence-electron chi connectivity index (χ2n) is 5.75. The van der Waals surface area contributed by atoms with Crippen molar-refractivity contribution in [1.29, 1.82) is 0 Å². The smallest absolute Gasteiger partial charge is 0.339 e. The zero-order valence-electron chi connectivity index (χ0n) is 12.8. The quantitative estimate of drug-likeness (QED) is 0.631. The summed E-state index contributed by atoms with van der Waals surface area (Å²) in [7, 11) is 0. The van der Waals surface area contributed by atoms with E-state index in [4.69, 9.17) is 9.57 Å². The van der Waals surface area contributed by atoms with Crippen molar-refractivity contribution in [2.24, 2.45) is 5.92 Å². The number of carbonyl (C=O) groups is 3. The molecule has 6 nitrogen and oxygen atoms in total. The third kappa shape index (κ3) is 2.66. The van der Waals surface area contributed by atoms with E-state index >= 15 is 0 Å². The van der Waals surface area contributed by atoms with Crippen LogP contribution in [0.1, 0.15) is 40.5 Å². The molecule has 0 spiro atoms. The van der Waals surface area contributed by atoms with E-state index in [2.05, 4.69) is 6.58 Å². The van der Waals surface area contributed by atoms with Gasteiger partial charge in [-0.2, -0.15) is 0 Å².